The van der Waals surface area contributed by atoms with Crippen LogP contribution in [0.3, 0.4) is 0 Å². The molecule has 21 rings (SSSR count). The van der Waals surface area contributed by atoms with Gasteiger partial charge in [-0.3, -0.25) is 24.9 Å². The number of amides is 2. The maximum Gasteiger partial charge on any atom is 0.219 e. The minimum Gasteiger partial charge on any atom is -0.369 e. The SMILES string of the molecule is C.C.C.CC(=O)N1C[C@@H](C)C[C@H]2O[C@]3(CC[C@@H]4C(=C(C)C3)C[C@H]3[C@H]4CC[C@@H]4Cc5[nH]ncc5C[C@@]43C)[C@H](C)[C@@H]21.CC(=O)N1C[C@@H](C)C[C@H]2O[C@]3(CC[C@@H]4C(=C(C)C3)C[C@H]3[C@H]4CC[C@@H]4Cc5[nH]ncc5C[C@@]43C)[C@H](C)[C@@H]21.CC1=C2C[C@H]3[C@@H](CC[C@@H]4Cc5[nH]ncc5C[C@@]43C)[C@@H]2CC[C@@]2(C1)O[C@@H]1C[C@H](C)CN[C@H]1[C@H]2C. The lowest BCUT2D eigenvalue weighted by Gasteiger charge is -2.52. The number of H-pyrrole nitrogens is 3. The number of hydrogen-bond acceptors (Lipinski definition) is 9. The fourth-order valence-electron chi connectivity index (χ4n) is 31.3. The maximum atomic E-state index is 12.6. The molecule has 30 atom stereocenters. The molecule has 6 saturated carbocycles. The number of ether oxygens (including phenoxy) is 3. The van der Waals surface area contributed by atoms with Crippen LogP contribution in [0, 0.1) is 123 Å². The zero-order valence-electron chi connectivity index (χ0n) is 67.1. The van der Waals surface area contributed by atoms with Gasteiger partial charge in [-0.15, -0.1) is 0 Å². The van der Waals surface area contributed by atoms with Crippen LogP contribution in [-0.2, 0) is 62.3 Å². The monoisotopic (exact) mass is 1480 g/mol. The number of piperidine rings is 3. The first-order valence-corrected chi connectivity index (χ1v) is 43.7. The van der Waals surface area contributed by atoms with Gasteiger partial charge in [-0.25, -0.2) is 0 Å². The van der Waals surface area contributed by atoms with Crippen LogP contribution in [0.5, 0.6) is 0 Å². The van der Waals surface area contributed by atoms with Crippen molar-refractivity contribution in [3.8, 4) is 0 Å². The number of allylic oxidation sites excluding steroid dienone is 3. The van der Waals surface area contributed by atoms with E-state index >= 15 is 0 Å². The third kappa shape index (κ3) is 11.9. The van der Waals surface area contributed by atoms with Crippen molar-refractivity contribution in [1.29, 1.82) is 0 Å². The van der Waals surface area contributed by atoms with Crippen LogP contribution in [0.15, 0.2) is 52.0 Å². The summed E-state index contributed by atoms with van der Waals surface area (Å²) in [6.07, 6.45) is 40.9. The Morgan fingerprint density at radius 1 is 0.435 bits per heavy atom. The van der Waals surface area contributed by atoms with Crippen molar-refractivity contribution in [2.24, 2.45) is 123 Å². The predicted molar refractivity (Wildman–Crippen MR) is 431 cm³/mol. The lowest BCUT2D eigenvalue weighted by atomic mass is 9.52. The molecular weight excluding hydrogens is 1340 g/mol. The molecule has 18 aliphatic rings. The molecule has 6 saturated heterocycles. The third-order valence-corrected chi connectivity index (χ3v) is 36.6. The van der Waals surface area contributed by atoms with Gasteiger partial charge in [0.15, 0.2) is 0 Å². The van der Waals surface area contributed by atoms with Gasteiger partial charge in [0.1, 0.15) is 0 Å². The lowest BCUT2D eigenvalue weighted by molar-refractivity contribution is -0.138. The molecule has 9 heterocycles. The Morgan fingerprint density at radius 3 is 1.12 bits per heavy atom. The molecule has 12 aliphatic carbocycles. The fraction of sp³-hybridized carbons (Fsp3) is 0.819. The quantitative estimate of drug-likeness (QED) is 0.160. The number of carbonyl (C=O) groups is 2. The van der Waals surface area contributed by atoms with E-state index in [1.165, 1.54) is 169 Å². The molecule has 4 N–H and O–H groups in total. The second-order valence-corrected chi connectivity index (χ2v) is 41.7. The molecule has 596 valence electrons. The van der Waals surface area contributed by atoms with Crippen molar-refractivity contribution in [2.45, 2.75) is 346 Å². The second-order valence-electron chi connectivity index (χ2n) is 41.7. The predicted octanol–water partition coefficient (Wildman–Crippen LogP) is 18.8. The highest BCUT2D eigenvalue weighted by atomic mass is 16.5. The van der Waals surface area contributed by atoms with E-state index in [-0.39, 0.29) is 75.2 Å². The summed E-state index contributed by atoms with van der Waals surface area (Å²) in [5, 5.41) is 27.0. The summed E-state index contributed by atoms with van der Waals surface area (Å²) in [6.45, 7) is 35.9. The Bertz CT molecular complexity index is 3820. The average Bonchev–Trinajstić information content (AvgIpc) is 1.55. The Balaban J connectivity index is 0.000000122. The summed E-state index contributed by atoms with van der Waals surface area (Å²) in [5.41, 5.74) is 20.2. The summed E-state index contributed by atoms with van der Waals surface area (Å²) < 4.78 is 21.3. The minimum atomic E-state index is -0.0956. The first-order valence-electron chi connectivity index (χ1n) is 43.7. The molecule has 2 amide bonds. The number of likely N-dealkylation sites (tertiary alicyclic amines) is 2. The highest BCUT2D eigenvalue weighted by Gasteiger charge is 2.65. The zero-order chi connectivity index (χ0) is 72.5. The number of aromatic nitrogens is 6. The van der Waals surface area contributed by atoms with Gasteiger partial charge < -0.3 is 29.3 Å². The molecule has 3 aromatic heterocycles. The third-order valence-electron chi connectivity index (χ3n) is 36.6. The lowest BCUT2D eigenvalue weighted by Crippen LogP contribution is -2.53. The van der Waals surface area contributed by atoms with Gasteiger partial charge in [-0.05, 0) is 322 Å². The smallest absolute Gasteiger partial charge is 0.219 e. The molecule has 0 aromatic carbocycles. The van der Waals surface area contributed by atoms with Crippen LogP contribution < -0.4 is 5.32 Å². The first kappa shape index (κ1) is 77.6. The van der Waals surface area contributed by atoms with Crippen LogP contribution in [0.1, 0.15) is 288 Å². The highest BCUT2D eigenvalue weighted by molar-refractivity contribution is 5.74. The van der Waals surface area contributed by atoms with Crippen LogP contribution in [0.25, 0.3) is 0 Å². The van der Waals surface area contributed by atoms with Crippen LogP contribution in [0.2, 0.25) is 0 Å². The van der Waals surface area contributed by atoms with Crippen molar-refractivity contribution in [2.75, 3.05) is 19.6 Å². The van der Waals surface area contributed by atoms with Gasteiger partial charge in [-0.2, -0.15) is 15.3 Å². The summed E-state index contributed by atoms with van der Waals surface area (Å²) in [5.74, 6) is 13.3. The van der Waals surface area contributed by atoms with Crippen LogP contribution >= 0.6 is 0 Å². The summed E-state index contributed by atoms with van der Waals surface area (Å²) in [7, 11) is 0. The molecule has 0 radical (unpaired) electrons. The fourth-order valence-corrected chi connectivity index (χ4v) is 31.3. The average molecular weight is 1480 g/mol. The Hall–Kier alpha value is -4.37. The first-order chi connectivity index (χ1) is 50.3. The van der Waals surface area contributed by atoms with E-state index in [1.54, 1.807) is 41.7 Å². The van der Waals surface area contributed by atoms with Crippen LogP contribution in [0.4, 0.5) is 0 Å². The number of rotatable bonds is 0. The molecule has 108 heavy (non-hydrogen) atoms. The summed E-state index contributed by atoms with van der Waals surface area (Å²) >= 11 is 0. The number of nitrogens with zero attached hydrogens (tertiary/aromatic N) is 5. The van der Waals surface area contributed by atoms with Crippen molar-refractivity contribution in [1.82, 2.24) is 45.7 Å². The van der Waals surface area contributed by atoms with Crippen molar-refractivity contribution < 1.29 is 23.8 Å². The van der Waals surface area contributed by atoms with E-state index < -0.39 is 0 Å². The van der Waals surface area contributed by atoms with E-state index in [0.717, 1.165) is 135 Å². The molecule has 12 fully saturated rings. The Labute approximate surface area is 651 Å². The van der Waals surface area contributed by atoms with Gasteiger partial charge in [0.25, 0.3) is 0 Å². The molecule has 3 spiro atoms. The van der Waals surface area contributed by atoms with E-state index in [2.05, 4.69) is 147 Å². The molecular formula is C94H145N9O5. The summed E-state index contributed by atoms with van der Waals surface area (Å²) in [4.78, 5) is 29.6. The van der Waals surface area contributed by atoms with Gasteiger partial charge in [0.2, 0.25) is 11.8 Å². The normalized spacial score (nSPS) is 47.3. The van der Waals surface area contributed by atoms with Crippen molar-refractivity contribution >= 4 is 11.8 Å². The highest BCUT2D eigenvalue weighted by Crippen LogP contribution is 2.69. The van der Waals surface area contributed by atoms with Gasteiger partial charge in [0, 0.05) is 67.8 Å². The largest absolute Gasteiger partial charge is 0.369 e. The second kappa shape index (κ2) is 28.0. The topological polar surface area (TPSA) is 166 Å². The molecule has 3 aromatic rings. The number of hydrogen-bond donors (Lipinski definition) is 4. The van der Waals surface area contributed by atoms with E-state index in [9.17, 15) is 9.59 Å². The maximum absolute atomic E-state index is 12.6. The van der Waals surface area contributed by atoms with Crippen molar-refractivity contribution in [3.63, 3.8) is 0 Å². The molecule has 14 nitrogen and oxygen atoms in total. The minimum absolute atomic E-state index is 0. The standard InChI is InChI=1S/2C31H45N3O2.C29H43N3O.3CH4/c2*1-17-10-28-29(34(16-17)20(4)35)19(3)31(36-28)9-8-23-24-7-6-22-11-27-21(15-32-33-27)14-30(22,5)26(24)12-25(23)18(2)13-31;1-16-9-26-27(30-14-16)18(3)29(33-26)8-7-21-22-6-5-20-10-25-19(15-31-32-25)13-28(20,4)24(22)11-23(21)17(2)12-29;;;/h2*15,17,19,22-24,26,28-29H,6-14,16H2,1-5H3,(H,32,33);15-16,18,20-22,24,26-27,30H,5-14H2,1-4H3,(H,31,32);3*1H4/t2*17-,19+,22+,23-,24-,26-,28+,29-,30-,31-;16-,18+,20+,21-,22-,24-,26+,27-,28-,29-;;;/m000.../s1. The van der Waals surface area contributed by atoms with Gasteiger partial charge in [0.05, 0.1) is 65.8 Å². The number of nitrogens with one attached hydrogen (secondary N) is 4. The Morgan fingerprint density at radius 2 is 0.769 bits per heavy atom. The summed E-state index contributed by atoms with van der Waals surface area (Å²) in [6, 6.07) is 1.07. The van der Waals surface area contributed by atoms with Crippen molar-refractivity contribution in [3.05, 3.63) is 85.8 Å². The van der Waals surface area contributed by atoms with Gasteiger partial charge >= 0.3 is 0 Å². The molecule has 0 bridgehead atoms. The van der Waals surface area contributed by atoms with E-state index in [0.29, 0.717) is 58.0 Å². The van der Waals surface area contributed by atoms with E-state index in [4.69, 9.17) is 14.2 Å². The molecule has 0 unspecified atom stereocenters. The number of carbonyl (C=O) groups excluding carboxylic acids is 2. The molecule has 6 aliphatic heterocycles. The molecule has 14 heteroatoms. The van der Waals surface area contributed by atoms with Crippen LogP contribution in [-0.4, -0.2) is 125 Å². The van der Waals surface area contributed by atoms with E-state index in [1.807, 2.05) is 5.57 Å². The van der Waals surface area contributed by atoms with Gasteiger partial charge in [-0.1, -0.05) is 118 Å². The number of aromatic amines is 3. The number of fused-ring (bicyclic) bond motifs is 21. The Kier molecular flexibility index (Phi) is 20.1. The zero-order valence-corrected chi connectivity index (χ0v) is 67.1.